The van der Waals surface area contributed by atoms with Gasteiger partial charge in [-0.1, -0.05) is 42.5 Å². The summed E-state index contributed by atoms with van der Waals surface area (Å²) in [5.41, 5.74) is 2.21. The SMILES string of the molecule is COc1ccc(S[C@@H]2C[C@@H](C(=O)N[C@H]3CCS(=O)(=O)C3)N(Cc3ccc(OCc4ccccc4)cc3)C2)cc1. The van der Waals surface area contributed by atoms with Gasteiger partial charge in [0.1, 0.15) is 18.1 Å². The fourth-order valence-corrected chi connectivity index (χ4v) is 8.01. The predicted molar refractivity (Wildman–Crippen MR) is 154 cm³/mol. The van der Waals surface area contributed by atoms with Gasteiger partial charge in [-0.15, -0.1) is 11.8 Å². The van der Waals surface area contributed by atoms with Crippen LogP contribution < -0.4 is 14.8 Å². The fraction of sp³-hybridized carbons (Fsp3) is 0.367. The molecule has 5 rings (SSSR count). The Kier molecular flexibility index (Phi) is 8.79. The fourth-order valence-electron chi connectivity index (χ4n) is 5.11. The molecule has 0 unspecified atom stereocenters. The number of ether oxygens (including phenoxy) is 2. The van der Waals surface area contributed by atoms with Gasteiger partial charge in [0, 0.05) is 29.3 Å². The zero-order valence-corrected chi connectivity index (χ0v) is 23.6. The number of benzene rings is 3. The average molecular weight is 567 g/mol. The van der Waals surface area contributed by atoms with Crippen LogP contribution in [-0.4, -0.2) is 61.7 Å². The predicted octanol–water partition coefficient (Wildman–Crippen LogP) is 4.31. The lowest BCUT2D eigenvalue weighted by atomic mass is 10.1. The second-order valence-electron chi connectivity index (χ2n) is 10.1. The highest BCUT2D eigenvalue weighted by atomic mass is 32.2. The molecule has 9 heteroatoms. The number of methoxy groups -OCH3 is 1. The summed E-state index contributed by atoms with van der Waals surface area (Å²) in [5.74, 6) is 1.69. The van der Waals surface area contributed by atoms with Crippen molar-refractivity contribution in [2.24, 2.45) is 0 Å². The van der Waals surface area contributed by atoms with Crippen LogP contribution in [0.2, 0.25) is 0 Å². The first-order valence-electron chi connectivity index (χ1n) is 13.2. The maximum Gasteiger partial charge on any atom is 0.237 e. The number of nitrogens with zero attached hydrogens (tertiary/aromatic N) is 1. The van der Waals surface area contributed by atoms with E-state index in [-0.39, 0.29) is 34.7 Å². The van der Waals surface area contributed by atoms with Crippen LogP contribution in [0.4, 0.5) is 0 Å². The Labute approximate surface area is 234 Å². The van der Waals surface area contributed by atoms with E-state index in [2.05, 4.69) is 10.2 Å². The van der Waals surface area contributed by atoms with Crippen LogP contribution in [0.3, 0.4) is 0 Å². The van der Waals surface area contributed by atoms with Crippen molar-refractivity contribution in [3.05, 3.63) is 90.0 Å². The second kappa shape index (κ2) is 12.4. The molecule has 0 aliphatic carbocycles. The van der Waals surface area contributed by atoms with Crippen LogP contribution in [0.5, 0.6) is 11.5 Å². The van der Waals surface area contributed by atoms with Gasteiger partial charge in [0.05, 0.1) is 24.7 Å². The van der Waals surface area contributed by atoms with Gasteiger partial charge in [0.2, 0.25) is 5.91 Å². The first kappa shape index (κ1) is 27.6. The molecule has 3 atom stereocenters. The van der Waals surface area contributed by atoms with Crippen LogP contribution >= 0.6 is 11.8 Å². The third-order valence-electron chi connectivity index (χ3n) is 7.17. The number of thioether (sulfide) groups is 1. The second-order valence-corrected chi connectivity index (χ2v) is 13.7. The Bertz CT molecular complexity index is 1350. The summed E-state index contributed by atoms with van der Waals surface area (Å²) in [4.78, 5) is 16.7. The van der Waals surface area contributed by atoms with Crippen molar-refractivity contribution in [1.29, 1.82) is 0 Å². The van der Waals surface area contributed by atoms with Gasteiger partial charge < -0.3 is 14.8 Å². The maximum absolute atomic E-state index is 13.4. The Morgan fingerprint density at radius 2 is 1.69 bits per heavy atom. The van der Waals surface area contributed by atoms with E-state index in [1.165, 1.54) is 0 Å². The summed E-state index contributed by atoms with van der Waals surface area (Å²) in [6.07, 6.45) is 1.18. The molecule has 0 saturated carbocycles. The van der Waals surface area contributed by atoms with Crippen LogP contribution in [0.15, 0.2) is 83.8 Å². The number of likely N-dealkylation sites (tertiary alicyclic amines) is 1. The van der Waals surface area contributed by atoms with E-state index in [0.717, 1.165) is 34.1 Å². The van der Waals surface area contributed by atoms with Crippen LogP contribution in [0, 0.1) is 0 Å². The van der Waals surface area contributed by atoms with Crippen molar-refractivity contribution in [3.63, 3.8) is 0 Å². The van der Waals surface area contributed by atoms with Gasteiger partial charge in [-0.2, -0.15) is 0 Å². The molecule has 39 heavy (non-hydrogen) atoms. The van der Waals surface area contributed by atoms with Gasteiger partial charge in [0.15, 0.2) is 9.84 Å². The van der Waals surface area contributed by atoms with E-state index in [1.54, 1.807) is 18.9 Å². The molecule has 2 aliphatic rings. The molecule has 2 fully saturated rings. The van der Waals surface area contributed by atoms with Crippen molar-refractivity contribution < 1.29 is 22.7 Å². The Balaban J connectivity index is 1.24. The van der Waals surface area contributed by atoms with Crippen molar-refractivity contribution in [2.75, 3.05) is 25.2 Å². The maximum atomic E-state index is 13.4. The highest BCUT2D eigenvalue weighted by Gasteiger charge is 2.39. The van der Waals surface area contributed by atoms with Gasteiger partial charge >= 0.3 is 0 Å². The highest BCUT2D eigenvalue weighted by Crippen LogP contribution is 2.35. The number of amides is 1. The summed E-state index contributed by atoms with van der Waals surface area (Å²) in [5, 5.41) is 3.26. The molecule has 2 heterocycles. The normalized spacial score (nSPS) is 22.4. The molecular weight excluding hydrogens is 532 g/mol. The van der Waals surface area contributed by atoms with Gasteiger partial charge in [-0.05, 0) is 60.4 Å². The van der Waals surface area contributed by atoms with E-state index in [9.17, 15) is 13.2 Å². The highest BCUT2D eigenvalue weighted by molar-refractivity contribution is 8.00. The van der Waals surface area contributed by atoms with Crippen molar-refractivity contribution in [3.8, 4) is 11.5 Å². The Morgan fingerprint density at radius 1 is 0.974 bits per heavy atom. The molecule has 7 nitrogen and oxygen atoms in total. The molecule has 2 saturated heterocycles. The lowest BCUT2D eigenvalue weighted by Crippen LogP contribution is -2.47. The number of sulfone groups is 1. The standard InChI is InChI=1S/C30H34N2O5S2/c1-36-25-11-13-27(14-12-25)38-28-17-29(30(33)31-24-15-16-39(34,35)21-24)32(19-28)18-22-7-9-26(10-8-22)37-20-23-5-3-2-4-6-23/h2-14,24,28-29H,15-21H2,1H3,(H,31,33)/t24-,28+,29-/m0/s1. The molecule has 3 aromatic rings. The first-order valence-corrected chi connectivity index (χ1v) is 15.9. The Hall–Kier alpha value is -3.01. The lowest BCUT2D eigenvalue weighted by Gasteiger charge is -2.25. The average Bonchev–Trinajstić information content (AvgIpc) is 3.50. The first-order chi connectivity index (χ1) is 18.9. The van der Waals surface area contributed by atoms with Gasteiger partial charge in [-0.3, -0.25) is 9.69 Å². The van der Waals surface area contributed by atoms with E-state index < -0.39 is 9.84 Å². The molecule has 0 spiro atoms. The number of hydrogen-bond donors (Lipinski definition) is 1. The smallest absolute Gasteiger partial charge is 0.237 e. The summed E-state index contributed by atoms with van der Waals surface area (Å²) in [6.45, 7) is 1.89. The van der Waals surface area contributed by atoms with Crippen LogP contribution in [0.1, 0.15) is 24.0 Å². The molecule has 2 aliphatic heterocycles. The minimum Gasteiger partial charge on any atom is -0.497 e. The van der Waals surface area contributed by atoms with Crippen molar-refractivity contribution >= 4 is 27.5 Å². The third kappa shape index (κ3) is 7.56. The summed E-state index contributed by atoms with van der Waals surface area (Å²) in [6, 6.07) is 25.4. The lowest BCUT2D eigenvalue weighted by molar-refractivity contribution is -0.126. The van der Waals surface area contributed by atoms with E-state index >= 15 is 0 Å². The number of carbonyl (C=O) groups excluding carboxylic acids is 1. The Morgan fingerprint density at radius 3 is 2.36 bits per heavy atom. The summed E-state index contributed by atoms with van der Waals surface area (Å²) < 4.78 is 35.0. The van der Waals surface area contributed by atoms with Crippen molar-refractivity contribution in [1.82, 2.24) is 10.2 Å². The quantitative estimate of drug-likeness (QED) is 0.391. The van der Waals surface area contributed by atoms with Crippen LogP contribution in [0.25, 0.3) is 0 Å². The molecule has 3 aromatic carbocycles. The van der Waals surface area contributed by atoms with Crippen molar-refractivity contribution in [2.45, 2.75) is 48.2 Å². The number of hydrogen-bond acceptors (Lipinski definition) is 7. The third-order valence-corrected chi connectivity index (χ3v) is 10.2. The minimum atomic E-state index is -3.07. The van der Waals surface area contributed by atoms with Gasteiger partial charge in [0.25, 0.3) is 0 Å². The molecule has 206 valence electrons. The molecule has 0 bridgehead atoms. The van der Waals surface area contributed by atoms with Crippen LogP contribution in [-0.2, 0) is 27.8 Å². The molecule has 0 aromatic heterocycles. The zero-order valence-electron chi connectivity index (χ0n) is 22.0. The van der Waals surface area contributed by atoms with E-state index in [1.807, 2.05) is 78.9 Å². The number of nitrogens with one attached hydrogen (secondary N) is 1. The zero-order chi connectivity index (χ0) is 27.2. The van der Waals surface area contributed by atoms with Gasteiger partial charge in [-0.25, -0.2) is 8.42 Å². The molecular formula is C30H34N2O5S2. The van der Waals surface area contributed by atoms with E-state index in [0.29, 0.717) is 26.0 Å². The number of rotatable bonds is 10. The van der Waals surface area contributed by atoms with E-state index in [4.69, 9.17) is 9.47 Å². The minimum absolute atomic E-state index is 0.0277. The summed E-state index contributed by atoms with van der Waals surface area (Å²) >= 11 is 1.76. The summed E-state index contributed by atoms with van der Waals surface area (Å²) in [7, 11) is -1.41. The monoisotopic (exact) mass is 566 g/mol. The topological polar surface area (TPSA) is 84.9 Å². The largest absolute Gasteiger partial charge is 0.497 e. The number of carbonyl (C=O) groups is 1. The molecule has 1 N–H and O–H groups in total. The molecule has 1 amide bonds. The molecule has 0 radical (unpaired) electrons.